The van der Waals surface area contributed by atoms with Gasteiger partial charge in [-0.2, -0.15) is 0 Å². The monoisotopic (exact) mass is 202 g/mol. The van der Waals surface area contributed by atoms with Gasteiger partial charge in [-0.25, -0.2) is 0 Å². The van der Waals surface area contributed by atoms with Crippen molar-refractivity contribution < 1.29 is 5.11 Å². The molecule has 1 heteroatoms. The van der Waals surface area contributed by atoms with E-state index < -0.39 is 0 Å². The van der Waals surface area contributed by atoms with E-state index in [-0.39, 0.29) is 12.0 Å². The second kappa shape index (κ2) is 3.82. The third kappa shape index (κ3) is 1.61. The number of fused-ring (bicyclic) bond motifs is 1. The smallest absolute Gasteiger partial charge is 0.0861 e. The van der Waals surface area contributed by atoms with E-state index in [9.17, 15) is 5.11 Å². The second-order valence-corrected chi connectivity index (χ2v) is 4.40. The van der Waals surface area contributed by atoms with Crippen molar-refractivity contribution in [2.75, 3.05) is 0 Å². The zero-order chi connectivity index (χ0) is 11.0. The molecule has 1 aliphatic rings. The van der Waals surface area contributed by atoms with Crippen LogP contribution in [0.25, 0.3) is 6.08 Å². The molecule has 2 atom stereocenters. The van der Waals surface area contributed by atoms with Crippen LogP contribution in [-0.2, 0) is 0 Å². The first kappa shape index (κ1) is 10.4. The van der Waals surface area contributed by atoms with Gasteiger partial charge in [0.2, 0.25) is 0 Å². The Kier molecular flexibility index (Phi) is 2.66. The maximum Gasteiger partial charge on any atom is 0.0861 e. The molecule has 0 unspecified atom stereocenters. The van der Waals surface area contributed by atoms with Crippen LogP contribution in [0.5, 0.6) is 0 Å². The van der Waals surface area contributed by atoms with E-state index in [1.54, 1.807) is 0 Å². The highest BCUT2D eigenvalue weighted by Gasteiger charge is 2.24. The average Bonchev–Trinajstić information content (AvgIpc) is 2.23. The van der Waals surface area contributed by atoms with E-state index in [4.69, 9.17) is 0 Å². The lowest BCUT2D eigenvalue weighted by molar-refractivity contribution is 0.127. The molecule has 1 N–H and O–H groups in total. The fourth-order valence-corrected chi connectivity index (χ4v) is 2.37. The highest BCUT2D eigenvalue weighted by molar-refractivity contribution is 5.63. The molecule has 15 heavy (non-hydrogen) atoms. The van der Waals surface area contributed by atoms with Crippen molar-refractivity contribution in [3.05, 3.63) is 40.5 Å². The van der Waals surface area contributed by atoms with E-state index in [1.165, 1.54) is 16.7 Å². The third-order valence-corrected chi connectivity index (χ3v) is 3.41. The lowest BCUT2D eigenvalue weighted by Crippen LogP contribution is -2.16. The van der Waals surface area contributed by atoms with Crippen LogP contribution in [-0.4, -0.2) is 5.11 Å². The molecule has 0 radical (unpaired) electrons. The van der Waals surface area contributed by atoms with Crippen LogP contribution < -0.4 is 0 Å². The molecular weight excluding hydrogens is 184 g/mol. The van der Waals surface area contributed by atoms with Crippen LogP contribution in [0.15, 0.2) is 18.2 Å². The molecule has 2 rings (SSSR count). The first-order chi connectivity index (χ1) is 7.15. The van der Waals surface area contributed by atoms with Gasteiger partial charge in [-0.05, 0) is 42.5 Å². The summed E-state index contributed by atoms with van der Waals surface area (Å²) in [5.41, 5.74) is 4.79. The lowest BCUT2D eigenvalue weighted by atomic mass is 9.81. The summed E-state index contributed by atoms with van der Waals surface area (Å²) >= 11 is 0. The van der Waals surface area contributed by atoms with Crippen LogP contribution in [0, 0.1) is 19.8 Å². The molecule has 0 saturated carbocycles. The minimum atomic E-state index is -0.324. The molecule has 80 valence electrons. The summed E-state index contributed by atoms with van der Waals surface area (Å²) in [7, 11) is 0. The van der Waals surface area contributed by atoms with E-state index in [2.05, 4.69) is 45.1 Å². The fourth-order valence-electron chi connectivity index (χ4n) is 2.37. The minimum Gasteiger partial charge on any atom is -0.388 e. The highest BCUT2D eigenvalue weighted by atomic mass is 16.3. The zero-order valence-electron chi connectivity index (χ0n) is 9.62. The van der Waals surface area contributed by atoms with Crippen LogP contribution in [0.2, 0.25) is 0 Å². The molecule has 1 aliphatic carbocycles. The van der Waals surface area contributed by atoms with Gasteiger partial charge in [0.25, 0.3) is 0 Å². The van der Waals surface area contributed by atoms with Crippen molar-refractivity contribution in [2.45, 2.75) is 33.3 Å². The Bertz CT molecular complexity index is 404. The van der Waals surface area contributed by atoms with Gasteiger partial charge in [0.15, 0.2) is 0 Å². The Labute approximate surface area is 91.4 Å². The van der Waals surface area contributed by atoms with Gasteiger partial charge < -0.3 is 5.11 Å². The first-order valence-corrected chi connectivity index (χ1v) is 5.61. The maximum absolute atomic E-state index is 10.3. The summed E-state index contributed by atoms with van der Waals surface area (Å²) in [4.78, 5) is 0. The van der Waals surface area contributed by atoms with Crippen molar-refractivity contribution in [3.63, 3.8) is 0 Å². The number of aliphatic hydroxyl groups is 1. The van der Waals surface area contributed by atoms with E-state index in [0.29, 0.717) is 0 Å². The number of aliphatic hydroxyl groups excluding tert-OH is 1. The molecule has 1 nitrogen and oxygen atoms in total. The Morgan fingerprint density at radius 3 is 2.53 bits per heavy atom. The Morgan fingerprint density at radius 2 is 1.87 bits per heavy atom. The number of rotatable bonds is 1. The van der Waals surface area contributed by atoms with Crippen molar-refractivity contribution >= 4 is 6.08 Å². The van der Waals surface area contributed by atoms with Crippen LogP contribution in [0.3, 0.4) is 0 Å². The average molecular weight is 202 g/mol. The molecular formula is C14H18O. The van der Waals surface area contributed by atoms with Gasteiger partial charge >= 0.3 is 0 Å². The van der Waals surface area contributed by atoms with Crippen LogP contribution >= 0.6 is 0 Å². The summed E-state index contributed by atoms with van der Waals surface area (Å²) in [5.74, 6) is 0.276. The number of hydrogen-bond acceptors (Lipinski definition) is 1. The van der Waals surface area contributed by atoms with E-state index in [1.807, 2.05) is 0 Å². The molecule has 0 amide bonds. The Morgan fingerprint density at radius 1 is 1.20 bits per heavy atom. The summed E-state index contributed by atoms with van der Waals surface area (Å²) in [6, 6.07) is 4.22. The summed E-state index contributed by atoms with van der Waals surface area (Å²) in [6.45, 7) is 6.29. The fraction of sp³-hybridized carbons (Fsp3) is 0.429. The quantitative estimate of drug-likeness (QED) is 0.740. The summed E-state index contributed by atoms with van der Waals surface area (Å²) in [5, 5.41) is 10.3. The van der Waals surface area contributed by atoms with E-state index in [0.717, 1.165) is 12.0 Å². The van der Waals surface area contributed by atoms with Crippen molar-refractivity contribution in [2.24, 2.45) is 5.92 Å². The molecule has 0 spiro atoms. The summed E-state index contributed by atoms with van der Waals surface area (Å²) in [6.07, 6.45) is 4.97. The van der Waals surface area contributed by atoms with Crippen LogP contribution in [0.4, 0.5) is 0 Å². The molecule has 0 aliphatic heterocycles. The number of hydrogen-bond donors (Lipinski definition) is 1. The second-order valence-electron chi connectivity index (χ2n) is 4.40. The van der Waals surface area contributed by atoms with Gasteiger partial charge in [0, 0.05) is 5.92 Å². The largest absolute Gasteiger partial charge is 0.388 e. The van der Waals surface area contributed by atoms with Crippen molar-refractivity contribution in [1.82, 2.24) is 0 Å². The molecule has 0 aromatic heterocycles. The van der Waals surface area contributed by atoms with Gasteiger partial charge in [0.1, 0.15) is 0 Å². The molecule has 0 fully saturated rings. The molecule has 0 bridgehead atoms. The first-order valence-electron chi connectivity index (χ1n) is 5.61. The highest BCUT2D eigenvalue weighted by Crippen LogP contribution is 2.37. The molecule has 1 aromatic rings. The number of aryl methyl sites for hydroxylation is 2. The van der Waals surface area contributed by atoms with Gasteiger partial charge in [-0.3, -0.25) is 0 Å². The number of benzene rings is 1. The topological polar surface area (TPSA) is 20.2 Å². The van der Waals surface area contributed by atoms with Crippen molar-refractivity contribution in [1.29, 1.82) is 0 Å². The standard InChI is InChI=1S/C14H18O/c1-4-11-7-8-12-9(2)5-6-10(3)13(12)14(11)15/h5-8,11,14-15H,4H2,1-3H3/t11-,14+/m1/s1. The molecule has 1 aromatic carbocycles. The lowest BCUT2D eigenvalue weighted by Gasteiger charge is -2.27. The molecule has 0 saturated heterocycles. The van der Waals surface area contributed by atoms with Gasteiger partial charge in [0.05, 0.1) is 6.10 Å². The van der Waals surface area contributed by atoms with E-state index >= 15 is 0 Å². The predicted molar refractivity (Wildman–Crippen MR) is 63.7 cm³/mol. The van der Waals surface area contributed by atoms with Gasteiger partial charge in [-0.1, -0.05) is 31.2 Å². The predicted octanol–water partition coefficient (Wildman–Crippen LogP) is 3.39. The Hall–Kier alpha value is -1.08. The normalized spacial score (nSPS) is 24.0. The summed E-state index contributed by atoms with van der Waals surface area (Å²) < 4.78 is 0. The van der Waals surface area contributed by atoms with Crippen molar-refractivity contribution in [3.8, 4) is 0 Å². The third-order valence-electron chi connectivity index (χ3n) is 3.41. The minimum absolute atomic E-state index is 0.276. The zero-order valence-corrected chi connectivity index (χ0v) is 9.62. The Balaban J connectivity index is 2.58. The van der Waals surface area contributed by atoms with Gasteiger partial charge in [-0.15, -0.1) is 0 Å². The SMILES string of the molecule is CC[C@@H]1C=Cc2c(C)ccc(C)c2[C@H]1O. The molecule has 0 heterocycles. The maximum atomic E-state index is 10.3. The van der Waals surface area contributed by atoms with Crippen LogP contribution in [0.1, 0.15) is 41.7 Å².